The number of amides is 1. The van der Waals surface area contributed by atoms with Gasteiger partial charge in [0.05, 0.1) is 5.01 Å². The maximum Gasteiger partial charge on any atom is 0.273 e. The van der Waals surface area contributed by atoms with Gasteiger partial charge in [0, 0.05) is 30.6 Å². The highest BCUT2D eigenvalue weighted by molar-refractivity contribution is 7.09. The quantitative estimate of drug-likeness (QED) is 0.803. The smallest absolute Gasteiger partial charge is 0.273 e. The van der Waals surface area contributed by atoms with Crippen molar-refractivity contribution in [2.75, 3.05) is 19.6 Å². The molecule has 5 heteroatoms. The van der Waals surface area contributed by atoms with E-state index in [1.165, 1.54) is 11.3 Å². The summed E-state index contributed by atoms with van der Waals surface area (Å²) in [5, 5.41) is 6.17. The summed E-state index contributed by atoms with van der Waals surface area (Å²) >= 11 is 1.52. The molecule has 1 aromatic heterocycles. The Morgan fingerprint density at radius 2 is 2.38 bits per heavy atom. The first-order valence-corrected chi connectivity index (χ1v) is 6.32. The Bertz CT molecular complexity index is 400. The van der Waals surface area contributed by atoms with Crippen LogP contribution in [0, 0.1) is 6.92 Å². The Morgan fingerprint density at radius 1 is 1.62 bits per heavy atom. The van der Waals surface area contributed by atoms with E-state index < -0.39 is 0 Å². The van der Waals surface area contributed by atoms with Gasteiger partial charge in [-0.05, 0) is 20.8 Å². The summed E-state index contributed by atoms with van der Waals surface area (Å²) in [5.74, 6) is 0.0546. The minimum absolute atomic E-state index is 0.00102. The molecule has 2 rings (SSSR count). The fourth-order valence-electron chi connectivity index (χ4n) is 1.94. The topological polar surface area (TPSA) is 45.2 Å². The first kappa shape index (κ1) is 11.5. The van der Waals surface area contributed by atoms with Gasteiger partial charge in [0.25, 0.3) is 5.91 Å². The third-order valence-electron chi connectivity index (χ3n) is 2.70. The van der Waals surface area contributed by atoms with Gasteiger partial charge in [0.1, 0.15) is 5.69 Å². The molecule has 1 aromatic rings. The molecule has 88 valence electrons. The average molecular weight is 239 g/mol. The standard InChI is InChI=1S/C11H17N3OS/c1-8-13-9(6-16-8)10(15)14-5-4-12-11(2,3)7-14/h6,12H,4-5,7H2,1-3H3. The molecule has 0 radical (unpaired) electrons. The molecular weight excluding hydrogens is 222 g/mol. The van der Waals surface area contributed by atoms with Crippen molar-refractivity contribution in [2.45, 2.75) is 26.3 Å². The van der Waals surface area contributed by atoms with Gasteiger partial charge in [0.15, 0.2) is 0 Å². The minimum atomic E-state index is -0.00102. The van der Waals surface area contributed by atoms with Crippen molar-refractivity contribution in [1.29, 1.82) is 0 Å². The zero-order chi connectivity index (χ0) is 11.8. The van der Waals surface area contributed by atoms with Crippen LogP contribution in [-0.2, 0) is 0 Å². The third kappa shape index (κ3) is 2.41. The summed E-state index contributed by atoms with van der Waals surface area (Å²) in [5.41, 5.74) is 0.583. The monoisotopic (exact) mass is 239 g/mol. The van der Waals surface area contributed by atoms with Crippen molar-refractivity contribution in [2.24, 2.45) is 0 Å². The zero-order valence-electron chi connectivity index (χ0n) is 9.91. The molecule has 0 aliphatic carbocycles. The lowest BCUT2D eigenvalue weighted by Crippen LogP contribution is -2.58. The van der Waals surface area contributed by atoms with Crippen LogP contribution in [0.4, 0.5) is 0 Å². The van der Waals surface area contributed by atoms with E-state index in [2.05, 4.69) is 24.1 Å². The van der Waals surface area contributed by atoms with Crippen LogP contribution in [0.3, 0.4) is 0 Å². The van der Waals surface area contributed by atoms with Gasteiger partial charge in [-0.3, -0.25) is 4.79 Å². The highest BCUT2D eigenvalue weighted by atomic mass is 32.1. The number of carbonyl (C=O) groups excluding carboxylic acids is 1. The van der Waals surface area contributed by atoms with E-state index in [0.717, 1.165) is 24.6 Å². The van der Waals surface area contributed by atoms with Crippen molar-refractivity contribution in [3.63, 3.8) is 0 Å². The highest BCUT2D eigenvalue weighted by Crippen LogP contribution is 2.15. The minimum Gasteiger partial charge on any atom is -0.334 e. The molecule has 1 saturated heterocycles. The molecule has 1 amide bonds. The third-order valence-corrected chi connectivity index (χ3v) is 3.47. The summed E-state index contributed by atoms with van der Waals surface area (Å²) in [6.45, 7) is 8.49. The molecule has 0 bridgehead atoms. The van der Waals surface area contributed by atoms with E-state index in [0.29, 0.717) is 5.69 Å². The average Bonchev–Trinajstić information content (AvgIpc) is 2.62. The van der Waals surface area contributed by atoms with E-state index in [1.54, 1.807) is 0 Å². The molecule has 1 aliphatic rings. The maximum absolute atomic E-state index is 12.1. The van der Waals surface area contributed by atoms with Crippen LogP contribution in [0.1, 0.15) is 29.3 Å². The Hall–Kier alpha value is -0.940. The van der Waals surface area contributed by atoms with E-state index in [1.807, 2.05) is 17.2 Å². The van der Waals surface area contributed by atoms with E-state index in [4.69, 9.17) is 0 Å². The lowest BCUT2D eigenvalue weighted by atomic mass is 10.0. The molecule has 4 nitrogen and oxygen atoms in total. The number of carbonyl (C=O) groups is 1. The fraction of sp³-hybridized carbons (Fsp3) is 0.636. The normalized spacial score (nSPS) is 19.8. The zero-order valence-corrected chi connectivity index (χ0v) is 10.7. The van der Waals surface area contributed by atoms with Gasteiger partial charge in [0.2, 0.25) is 0 Å². The SMILES string of the molecule is Cc1nc(C(=O)N2CCNC(C)(C)C2)cs1. The molecule has 16 heavy (non-hydrogen) atoms. The predicted octanol–water partition coefficient (Wildman–Crippen LogP) is 1.28. The van der Waals surface area contributed by atoms with Gasteiger partial charge >= 0.3 is 0 Å². The van der Waals surface area contributed by atoms with Gasteiger partial charge < -0.3 is 10.2 Å². The molecule has 1 N–H and O–H groups in total. The number of hydrogen-bond acceptors (Lipinski definition) is 4. The van der Waals surface area contributed by atoms with Gasteiger partial charge in [-0.15, -0.1) is 11.3 Å². The molecule has 0 saturated carbocycles. The molecule has 0 aromatic carbocycles. The second-order valence-corrected chi connectivity index (χ2v) is 5.85. The van der Waals surface area contributed by atoms with E-state index in [9.17, 15) is 4.79 Å². The van der Waals surface area contributed by atoms with Crippen LogP contribution in [0.15, 0.2) is 5.38 Å². The molecule has 1 aliphatic heterocycles. The van der Waals surface area contributed by atoms with Crippen LogP contribution in [0.25, 0.3) is 0 Å². The van der Waals surface area contributed by atoms with Crippen LogP contribution in [0.2, 0.25) is 0 Å². The number of piperazine rings is 1. The van der Waals surface area contributed by atoms with Crippen molar-refractivity contribution in [3.8, 4) is 0 Å². The van der Waals surface area contributed by atoms with E-state index in [-0.39, 0.29) is 11.4 Å². The predicted molar refractivity (Wildman–Crippen MR) is 64.8 cm³/mol. The molecule has 1 fully saturated rings. The molecule has 2 heterocycles. The molecule has 0 unspecified atom stereocenters. The van der Waals surface area contributed by atoms with Gasteiger partial charge in [-0.1, -0.05) is 0 Å². The number of nitrogens with one attached hydrogen (secondary N) is 1. The lowest BCUT2D eigenvalue weighted by molar-refractivity contribution is 0.0647. The van der Waals surface area contributed by atoms with Gasteiger partial charge in [-0.25, -0.2) is 4.98 Å². The van der Waals surface area contributed by atoms with Crippen molar-refractivity contribution in [1.82, 2.24) is 15.2 Å². The number of aromatic nitrogens is 1. The first-order valence-electron chi connectivity index (χ1n) is 5.44. The number of hydrogen-bond donors (Lipinski definition) is 1. The molecule has 0 atom stereocenters. The Kier molecular flexibility index (Phi) is 2.99. The second kappa shape index (κ2) is 4.14. The number of thiazole rings is 1. The van der Waals surface area contributed by atoms with Crippen molar-refractivity contribution in [3.05, 3.63) is 16.1 Å². The van der Waals surface area contributed by atoms with E-state index >= 15 is 0 Å². The number of nitrogens with zero attached hydrogens (tertiary/aromatic N) is 2. The summed E-state index contributed by atoms with van der Waals surface area (Å²) in [4.78, 5) is 18.3. The van der Waals surface area contributed by atoms with Crippen molar-refractivity contribution >= 4 is 17.2 Å². The molecule has 0 spiro atoms. The first-order chi connectivity index (χ1) is 7.48. The summed E-state index contributed by atoms with van der Waals surface area (Å²) in [6, 6.07) is 0. The summed E-state index contributed by atoms with van der Waals surface area (Å²) in [6.07, 6.45) is 0. The lowest BCUT2D eigenvalue weighted by Gasteiger charge is -2.38. The van der Waals surface area contributed by atoms with Crippen molar-refractivity contribution < 1.29 is 4.79 Å². The number of rotatable bonds is 1. The Labute approximate surface area is 99.7 Å². The summed E-state index contributed by atoms with van der Waals surface area (Å²) < 4.78 is 0. The van der Waals surface area contributed by atoms with Gasteiger partial charge in [-0.2, -0.15) is 0 Å². The van der Waals surface area contributed by atoms with Crippen LogP contribution in [-0.4, -0.2) is 41.0 Å². The Morgan fingerprint density at radius 3 is 2.94 bits per heavy atom. The molecular formula is C11H17N3OS. The summed E-state index contributed by atoms with van der Waals surface area (Å²) in [7, 11) is 0. The van der Waals surface area contributed by atoms with Crippen LogP contribution in [0.5, 0.6) is 0 Å². The second-order valence-electron chi connectivity index (χ2n) is 4.79. The number of aryl methyl sites for hydroxylation is 1. The largest absolute Gasteiger partial charge is 0.334 e. The van der Waals surface area contributed by atoms with Crippen LogP contribution < -0.4 is 5.32 Å². The Balaban J connectivity index is 2.10. The highest BCUT2D eigenvalue weighted by Gasteiger charge is 2.29. The fourth-order valence-corrected chi connectivity index (χ4v) is 2.53. The van der Waals surface area contributed by atoms with Crippen LogP contribution >= 0.6 is 11.3 Å². The maximum atomic E-state index is 12.1.